The number of hydrogen-bond donors (Lipinski definition) is 1. The molecule has 0 aliphatic heterocycles. The zero-order valence-corrected chi connectivity index (χ0v) is 18.0. The fourth-order valence-electron chi connectivity index (χ4n) is 3.86. The number of anilines is 1. The van der Waals surface area contributed by atoms with Crippen molar-refractivity contribution in [2.45, 2.75) is 18.8 Å². The van der Waals surface area contributed by atoms with Crippen LogP contribution in [0.2, 0.25) is 0 Å². The van der Waals surface area contributed by atoms with Gasteiger partial charge < -0.3 is 14.8 Å². The third-order valence-corrected chi connectivity index (χ3v) is 6.57. The van der Waals surface area contributed by atoms with Crippen molar-refractivity contribution in [2.75, 3.05) is 19.5 Å². The molecule has 1 amide bonds. The lowest BCUT2D eigenvalue weighted by Crippen LogP contribution is -2.17. The van der Waals surface area contributed by atoms with Crippen LogP contribution in [0.25, 0.3) is 11.1 Å². The SMILES string of the molecule is COC(=O)c1c(NC(=O)c2ccc(-c3ccccc3)cc2)sc2c1[C@H](C(=O)OC)CC2. The summed E-state index contributed by atoms with van der Waals surface area (Å²) >= 11 is 1.31. The number of fused-ring (bicyclic) bond motifs is 1. The number of carbonyl (C=O) groups is 3. The van der Waals surface area contributed by atoms with Crippen molar-refractivity contribution in [1.29, 1.82) is 0 Å². The maximum Gasteiger partial charge on any atom is 0.341 e. The van der Waals surface area contributed by atoms with E-state index in [0.717, 1.165) is 16.0 Å². The zero-order valence-electron chi connectivity index (χ0n) is 17.1. The first-order chi connectivity index (χ1) is 15.0. The molecule has 4 rings (SSSR count). The van der Waals surface area contributed by atoms with Gasteiger partial charge in [0.05, 0.1) is 25.7 Å². The average Bonchev–Trinajstić information content (AvgIpc) is 3.37. The van der Waals surface area contributed by atoms with Crippen LogP contribution in [0.5, 0.6) is 0 Å². The van der Waals surface area contributed by atoms with Gasteiger partial charge in [-0.05, 0) is 41.7 Å². The van der Waals surface area contributed by atoms with Crippen molar-refractivity contribution in [2.24, 2.45) is 0 Å². The largest absolute Gasteiger partial charge is 0.469 e. The Hall–Kier alpha value is -3.45. The van der Waals surface area contributed by atoms with Gasteiger partial charge in [0.15, 0.2) is 0 Å². The van der Waals surface area contributed by atoms with Crippen LogP contribution in [-0.4, -0.2) is 32.1 Å². The Morgan fingerprint density at radius 3 is 2.26 bits per heavy atom. The van der Waals surface area contributed by atoms with E-state index in [1.54, 1.807) is 12.1 Å². The molecule has 0 fully saturated rings. The van der Waals surface area contributed by atoms with Crippen LogP contribution in [0.1, 0.15) is 43.5 Å². The molecule has 2 aromatic carbocycles. The van der Waals surface area contributed by atoms with Gasteiger partial charge in [0, 0.05) is 10.4 Å². The molecule has 1 aliphatic carbocycles. The van der Waals surface area contributed by atoms with Crippen LogP contribution < -0.4 is 5.32 Å². The van der Waals surface area contributed by atoms with E-state index in [1.165, 1.54) is 25.6 Å². The van der Waals surface area contributed by atoms with E-state index in [1.807, 2.05) is 42.5 Å². The number of carbonyl (C=O) groups excluding carboxylic acids is 3. The second kappa shape index (κ2) is 8.73. The number of ether oxygens (including phenoxy) is 2. The number of thiophene rings is 1. The van der Waals surface area contributed by atoms with Crippen LogP contribution in [0.3, 0.4) is 0 Å². The predicted octanol–water partition coefficient (Wildman–Crippen LogP) is 4.66. The van der Waals surface area contributed by atoms with Crippen LogP contribution in [0.15, 0.2) is 54.6 Å². The van der Waals surface area contributed by atoms with E-state index in [-0.39, 0.29) is 11.5 Å². The normalized spacial score (nSPS) is 14.6. The molecular weight excluding hydrogens is 414 g/mol. The molecule has 1 aliphatic rings. The molecule has 6 nitrogen and oxygen atoms in total. The topological polar surface area (TPSA) is 81.7 Å². The number of amides is 1. The summed E-state index contributed by atoms with van der Waals surface area (Å²) in [6.45, 7) is 0. The van der Waals surface area contributed by atoms with Crippen molar-refractivity contribution in [1.82, 2.24) is 0 Å². The van der Waals surface area contributed by atoms with E-state index in [0.29, 0.717) is 29.0 Å². The van der Waals surface area contributed by atoms with Gasteiger partial charge in [-0.15, -0.1) is 11.3 Å². The number of rotatable bonds is 5. The van der Waals surface area contributed by atoms with E-state index >= 15 is 0 Å². The lowest BCUT2D eigenvalue weighted by molar-refractivity contribution is -0.142. The zero-order chi connectivity index (χ0) is 22.0. The number of methoxy groups -OCH3 is 2. The smallest absolute Gasteiger partial charge is 0.341 e. The van der Waals surface area contributed by atoms with Crippen LogP contribution >= 0.6 is 11.3 Å². The molecular formula is C24H21NO5S. The van der Waals surface area contributed by atoms with Gasteiger partial charge in [0.25, 0.3) is 5.91 Å². The number of benzene rings is 2. The third-order valence-electron chi connectivity index (χ3n) is 5.39. The summed E-state index contributed by atoms with van der Waals surface area (Å²) in [4.78, 5) is 38.5. The molecule has 1 heterocycles. The maximum atomic E-state index is 12.9. The van der Waals surface area contributed by atoms with Crippen molar-refractivity contribution < 1.29 is 23.9 Å². The highest BCUT2D eigenvalue weighted by atomic mass is 32.1. The van der Waals surface area contributed by atoms with Gasteiger partial charge in [-0.25, -0.2) is 4.79 Å². The van der Waals surface area contributed by atoms with Crippen molar-refractivity contribution in [3.63, 3.8) is 0 Å². The Bertz CT molecular complexity index is 1130. The fraction of sp³-hybridized carbons (Fsp3) is 0.208. The van der Waals surface area contributed by atoms with Gasteiger partial charge in [-0.1, -0.05) is 42.5 Å². The van der Waals surface area contributed by atoms with Gasteiger partial charge in [-0.3, -0.25) is 9.59 Å². The van der Waals surface area contributed by atoms with E-state index in [4.69, 9.17) is 9.47 Å². The van der Waals surface area contributed by atoms with E-state index in [9.17, 15) is 14.4 Å². The Labute approximate surface area is 183 Å². The summed E-state index contributed by atoms with van der Waals surface area (Å²) in [6, 6.07) is 17.1. The standard InChI is InChI=1S/C24H21NO5S/c1-29-23(27)17-12-13-18-19(17)20(24(28)30-2)22(31-18)25-21(26)16-10-8-15(9-11-16)14-6-4-3-5-7-14/h3-11,17H,12-13H2,1-2H3,(H,25,26)/t17-/m1/s1. The molecule has 1 atom stereocenters. The van der Waals surface area contributed by atoms with Crippen LogP contribution in [0, 0.1) is 0 Å². The lowest BCUT2D eigenvalue weighted by atomic mass is 9.99. The number of hydrogen-bond acceptors (Lipinski definition) is 6. The first-order valence-corrected chi connectivity index (χ1v) is 10.6. The summed E-state index contributed by atoms with van der Waals surface area (Å²) in [6.07, 6.45) is 1.22. The maximum absolute atomic E-state index is 12.9. The second-order valence-corrected chi connectivity index (χ2v) is 8.25. The summed E-state index contributed by atoms with van der Waals surface area (Å²) < 4.78 is 9.83. The highest BCUT2D eigenvalue weighted by Crippen LogP contribution is 2.46. The summed E-state index contributed by atoms with van der Waals surface area (Å²) in [5.74, 6) is -1.83. The minimum atomic E-state index is -0.581. The van der Waals surface area contributed by atoms with Gasteiger partial charge in [0.2, 0.25) is 0 Å². The summed E-state index contributed by atoms with van der Waals surface area (Å²) in [5.41, 5.74) is 3.38. The minimum Gasteiger partial charge on any atom is -0.469 e. The molecule has 158 valence electrons. The molecule has 31 heavy (non-hydrogen) atoms. The summed E-state index contributed by atoms with van der Waals surface area (Å²) in [5, 5.41) is 3.23. The predicted molar refractivity (Wildman–Crippen MR) is 119 cm³/mol. The third kappa shape index (κ3) is 3.96. The molecule has 1 aromatic heterocycles. The highest BCUT2D eigenvalue weighted by molar-refractivity contribution is 7.17. The molecule has 0 radical (unpaired) electrons. The monoisotopic (exact) mass is 435 g/mol. The second-order valence-electron chi connectivity index (χ2n) is 7.15. The van der Waals surface area contributed by atoms with Gasteiger partial charge >= 0.3 is 11.9 Å². The fourth-order valence-corrected chi connectivity index (χ4v) is 5.12. The average molecular weight is 436 g/mol. The Morgan fingerprint density at radius 1 is 0.935 bits per heavy atom. The van der Waals surface area contributed by atoms with Crippen molar-refractivity contribution in [3.8, 4) is 11.1 Å². The lowest BCUT2D eigenvalue weighted by Gasteiger charge is -2.12. The molecule has 3 aromatic rings. The minimum absolute atomic E-state index is 0.240. The number of aryl methyl sites for hydroxylation is 1. The Balaban J connectivity index is 1.61. The van der Waals surface area contributed by atoms with Crippen molar-refractivity contribution in [3.05, 3.63) is 76.2 Å². The van der Waals surface area contributed by atoms with Crippen LogP contribution in [0.4, 0.5) is 5.00 Å². The highest BCUT2D eigenvalue weighted by Gasteiger charge is 2.38. The molecule has 0 unspecified atom stereocenters. The van der Waals surface area contributed by atoms with E-state index < -0.39 is 17.9 Å². The Kier molecular flexibility index (Phi) is 5.86. The number of esters is 2. The van der Waals surface area contributed by atoms with E-state index in [2.05, 4.69) is 5.32 Å². The van der Waals surface area contributed by atoms with Crippen molar-refractivity contribution >= 4 is 34.2 Å². The van der Waals surface area contributed by atoms with Crippen LogP contribution in [-0.2, 0) is 20.7 Å². The molecule has 0 spiro atoms. The summed E-state index contributed by atoms with van der Waals surface area (Å²) in [7, 11) is 2.61. The van der Waals surface area contributed by atoms with Gasteiger partial charge in [-0.2, -0.15) is 0 Å². The number of nitrogens with one attached hydrogen (secondary N) is 1. The van der Waals surface area contributed by atoms with Gasteiger partial charge in [0.1, 0.15) is 5.00 Å². The molecule has 7 heteroatoms. The first-order valence-electron chi connectivity index (χ1n) is 9.82. The first kappa shape index (κ1) is 20.8. The molecule has 1 N–H and O–H groups in total. The molecule has 0 saturated heterocycles. The Morgan fingerprint density at radius 2 is 1.61 bits per heavy atom. The quantitative estimate of drug-likeness (QED) is 0.590. The molecule has 0 bridgehead atoms. The molecule has 0 saturated carbocycles.